The van der Waals surface area contributed by atoms with E-state index in [0.717, 1.165) is 16.9 Å². The summed E-state index contributed by atoms with van der Waals surface area (Å²) in [5, 5.41) is 6.69. The molecule has 0 saturated carbocycles. The van der Waals surface area contributed by atoms with E-state index in [1.54, 1.807) is 36.5 Å². The van der Waals surface area contributed by atoms with Gasteiger partial charge in [0.2, 0.25) is 0 Å². The smallest absolute Gasteiger partial charge is 0.274 e. The number of pyridine rings is 1. The highest BCUT2D eigenvalue weighted by atomic mass is 35.5. The summed E-state index contributed by atoms with van der Waals surface area (Å²) in [6.07, 6.45) is 1.64. The lowest BCUT2D eigenvalue weighted by molar-refractivity contribution is 0.102. The summed E-state index contributed by atoms with van der Waals surface area (Å²) in [6, 6.07) is 18.4. The first-order valence-electron chi connectivity index (χ1n) is 7.47. The lowest BCUT2D eigenvalue weighted by atomic mass is 10.2. The number of nitrogens with one attached hydrogen (secondary N) is 2. The number of nitrogens with zero attached hydrogens (tertiary/aromatic N) is 1. The molecule has 0 spiro atoms. The van der Waals surface area contributed by atoms with Crippen LogP contribution in [-0.2, 0) is 0 Å². The zero-order chi connectivity index (χ0) is 16.9. The second-order valence-corrected chi connectivity index (χ2v) is 5.77. The van der Waals surface area contributed by atoms with Crippen LogP contribution in [0.5, 0.6) is 0 Å². The first-order chi connectivity index (χ1) is 11.6. The molecular formula is C19H16ClN3O. The number of amides is 1. The van der Waals surface area contributed by atoms with Gasteiger partial charge in [-0.1, -0.05) is 29.8 Å². The van der Waals surface area contributed by atoms with Crippen molar-refractivity contribution in [1.82, 2.24) is 4.98 Å². The summed E-state index contributed by atoms with van der Waals surface area (Å²) >= 11 is 5.83. The zero-order valence-corrected chi connectivity index (χ0v) is 13.8. The third-order valence-electron chi connectivity index (χ3n) is 3.52. The molecule has 120 valence electrons. The van der Waals surface area contributed by atoms with Crippen LogP contribution in [0.25, 0.3) is 0 Å². The fourth-order valence-electron chi connectivity index (χ4n) is 2.20. The third kappa shape index (κ3) is 3.91. The Morgan fingerprint density at radius 2 is 1.67 bits per heavy atom. The van der Waals surface area contributed by atoms with Gasteiger partial charge < -0.3 is 10.6 Å². The molecule has 3 aromatic rings. The first-order valence-corrected chi connectivity index (χ1v) is 7.85. The van der Waals surface area contributed by atoms with E-state index in [2.05, 4.69) is 15.6 Å². The minimum absolute atomic E-state index is 0.264. The lowest BCUT2D eigenvalue weighted by Crippen LogP contribution is -2.13. The van der Waals surface area contributed by atoms with Gasteiger partial charge in [0.05, 0.1) is 11.9 Å². The maximum absolute atomic E-state index is 12.2. The van der Waals surface area contributed by atoms with Crippen molar-refractivity contribution in [3.05, 3.63) is 83.1 Å². The Morgan fingerprint density at radius 3 is 2.33 bits per heavy atom. The Morgan fingerprint density at radius 1 is 0.958 bits per heavy atom. The highest BCUT2D eigenvalue weighted by molar-refractivity contribution is 6.30. The molecule has 0 atom stereocenters. The second kappa shape index (κ2) is 7.15. The number of aromatic nitrogens is 1. The van der Waals surface area contributed by atoms with Gasteiger partial charge in [0, 0.05) is 16.4 Å². The Labute approximate surface area is 145 Å². The van der Waals surface area contributed by atoms with E-state index in [1.807, 2.05) is 37.3 Å². The predicted octanol–water partition coefficient (Wildman–Crippen LogP) is 5.04. The number of benzene rings is 2. The molecule has 0 aliphatic rings. The topological polar surface area (TPSA) is 54.0 Å². The van der Waals surface area contributed by atoms with Crippen molar-refractivity contribution in [3.63, 3.8) is 0 Å². The number of rotatable bonds is 4. The van der Waals surface area contributed by atoms with Crippen LogP contribution in [0.4, 0.5) is 17.1 Å². The molecule has 1 amide bonds. The van der Waals surface area contributed by atoms with Gasteiger partial charge in [-0.3, -0.25) is 4.79 Å². The van der Waals surface area contributed by atoms with Gasteiger partial charge in [0.25, 0.3) is 5.91 Å². The molecule has 3 rings (SSSR count). The van der Waals surface area contributed by atoms with Crippen LogP contribution in [0, 0.1) is 6.92 Å². The predicted molar refractivity (Wildman–Crippen MR) is 98.1 cm³/mol. The van der Waals surface area contributed by atoms with Crippen molar-refractivity contribution >= 4 is 34.6 Å². The zero-order valence-electron chi connectivity index (χ0n) is 13.1. The molecule has 1 heterocycles. The Balaban J connectivity index is 1.68. The molecule has 1 aromatic heterocycles. The molecule has 0 fully saturated rings. The molecule has 24 heavy (non-hydrogen) atoms. The standard InChI is InChI=1S/C19H16ClN3O/c1-13-4-2-3-5-17(13)22-16-10-11-18(21-12-16)19(24)23-15-8-6-14(20)7-9-15/h2-12,22H,1H3,(H,23,24). The van der Waals surface area contributed by atoms with E-state index < -0.39 is 0 Å². The quantitative estimate of drug-likeness (QED) is 0.701. The number of aryl methyl sites for hydroxylation is 1. The fraction of sp³-hybridized carbons (Fsp3) is 0.0526. The minimum Gasteiger partial charge on any atom is -0.354 e. The van der Waals surface area contributed by atoms with Crippen molar-refractivity contribution in [1.29, 1.82) is 0 Å². The summed E-state index contributed by atoms with van der Waals surface area (Å²) < 4.78 is 0. The van der Waals surface area contributed by atoms with E-state index in [1.165, 1.54) is 0 Å². The average Bonchev–Trinajstić information content (AvgIpc) is 2.59. The molecule has 4 nitrogen and oxygen atoms in total. The molecule has 2 N–H and O–H groups in total. The first kappa shape index (κ1) is 16.0. The van der Waals surface area contributed by atoms with Gasteiger partial charge in [0.15, 0.2) is 0 Å². The Hall–Kier alpha value is -2.85. The van der Waals surface area contributed by atoms with E-state index in [0.29, 0.717) is 16.4 Å². The molecule has 0 bridgehead atoms. The van der Waals surface area contributed by atoms with Gasteiger partial charge in [0.1, 0.15) is 5.69 Å². The average molecular weight is 338 g/mol. The summed E-state index contributed by atoms with van der Waals surface area (Å²) in [6.45, 7) is 2.03. The molecule has 0 radical (unpaired) electrons. The monoisotopic (exact) mass is 337 g/mol. The Bertz CT molecular complexity index is 845. The van der Waals surface area contributed by atoms with Crippen LogP contribution in [-0.4, -0.2) is 10.9 Å². The minimum atomic E-state index is -0.264. The van der Waals surface area contributed by atoms with Crippen LogP contribution < -0.4 is 10.6 Å². The van der Waals surface area contributed by atoms with E-state index >= 15 is 0 Å². The van der Waals surface area contributed by atoms with Gasteiger partial charge in [-0.2, -0.15) is 0 Å². The van der Waals surface area contributed by atoms with Crippen molar-refractivity contribution in [2.75, 3.05) is 10.6 Å². The van der Waals surface area contributed by atoms with E-state index in [-0.39, 0.29) is 5.91 Å². The van der Waals surface area contributed by atoms with Crippen molar-refractivity contribution in [3.8, 4) is 0 Å². The van der Waals surface area contributed by atoms with Gasteiger partial charge in [-0.25, -0.2) is 4.98 Å². The number of anilines is 3. The number of halogens is 1. The molecule has 0 aliphatic heterocycles. The fourth-order valence-corrected chi connectivity index (χ4v) is 2.33. The summed E-state index contributed by atoms with van der Waals surface area (Å²) in [7, 11) is 0. The SMILES string of the molecule is Cc1ccccc1Nc1ccc(C(=O)Nc2ccc(Cl)cc2)nc1. The Kier molecular flexibility index (Phi) is 4.77. The molecule has 2 aromatic carbocycles. The maximum atomic E-state index is 12.2. The highest BCUT2D eigenvalue weighted by Crippen LogP contribution is 2.20. The van der Waals surface area contributed by atoms with Gasteiger partial charge in [-0.05, 0) is 55.0 Å². The number of carbonyl (C=O) groups is 1. The molecule has 0 unspecified atom stereocenters. The van der Waals surface area contributed by atoms with Crippen LogP contribution in [0.1, 0.15) is 16.1 Å². The number of para-hydroxylation sites is 1. The van der Waals surface area contributed by atoms with E-state index in [9.17, 15) is 4.79 Å². The number of hydrogen-bond acceptors (Lipinski definition) is 3. The van der Waals surface area contributed by atoms with Crippen LogP contribution >= 0.6 is 11.6 Å². The van der Waals surface area contributed by atoms with Crippen molar-refractivity contribution in [2.24, 2.45) is 0 Å². The van der Waals surface area contributed by atoms with Gasteiger partial charge in [-0.15, -0.1) is 0 Å². The van der Waals surface area contributed by atoms with Crippen molar-refractivity contribution < 1.29 is 4.79 Å². The summed E-state index contributed by atoms with van der Waals surface area (Å²) in [5.74, 6) is -0.264. The van der Waals surface area contributed by atoms with E-state index in [4.69, 9.17) is 11.6 Å². The number of hydrogen-bond donors (Lipinski definition) is 2. The van der Waals surface area contributed by atoms with Crippen LogP contribution in [0.3, 0.4) is 0 Å². The largest absolute Gasteiger partial charge is 0.354 e. The van der Waals surface area contributed by atoms with Crippen LogP contribution in [0.2, 0.25) is 5.02 Å². The number of carbonyl (C=O) groups excluding carboxylic acids is 1. The summed E-state index contributed by atoms with van der Waals surface area (Å²) in [5.41, 5.74) is 4.00. The molecule has 0 aliphatic carbocycles. The van der Waals surface area contributed by atoms with Gasteiger partial charge >= 0.3 is 0 Å². The molecular weight excluding hydrogens is 322 g/mol. The second-order valence-electron chi connectivity index (χ2n) is 5.33. The highest BCUT2D eigenvalue weighted by Gasteiger charge is 2.08. The summed E-state index contributed by atoms with van der Waals surface area (Å²) in [4.78, 5) is 16.4. The van der Waals surface area contributed by atoms with Crippen LogP contribution in [0.15, 0.2) is 66.9 Å². The van der Waals surface area contributed by atoms with Crippen molar-refractivity contribution in [2.45, 2.75) is 6.92 Å². The third-order valence-corrected chi connectivity index (χ3v) is 3.77. The molecule has 5 heteroatoms. The molecule has 0 saturated heterocycles. The lowest BCUT2D eigenvalue weighted by Gasteiger charge is -2.09. The maximum Gasteiger partial charge on any atom is 0.274 e. The normalized spacial score (nSPS) is 10.2.